The van der Waals surface area contributed by atoms with Crippen molar-refractivity contribution >= 4 is 35.8 Å². The second kappa shape index (κ2) is 4.85. The van der Waals surface area contributed by atoms with Gasteiger partial charge < -0.3 is 0 Å². The summed E-state index contributed by atoms with van der Waals surface area (Å²) < 4.78 is 6.41. The third-order valence-electron chi connectivity index (χ3n) is 0.231. The van der Waals surface area contributed by atoms with Crippen LogP contribution < -0.4 is 9.34 Å². The van der Waals surface area contributed by atoms with E-state index < -0.39 is 0 Å². The predicted octanol–water partition coefficient (Wildman–Crippen LogP) is -1.18. The third kappa shape index (κ3) is 4.85. The van der Waals surface area contributed by atoms with Crippen LogP contribution in [0.2, 0.25) is 0 Å². The van der Waals surface area contributed by atoms with Crippen LogP contribution in [0.4, 0.5) is 0 Å². The summed E-state index contributed by atoms with van der Waals surface area (Å²) in [7, 11) is 0. The van der Waals surface area contributed by atoms with Gasteiger partial charge in [-0.05, 0) is 4.67 Å². The van der Waals surface area contributed by atoms with Crippen LogP contribution in [0, 0.1) is 0 Å². The van der Waals surface area contributed by atoms with Crippen molar-refractivity contribution in [2.45, 2.75) is 0 Å². The lowest BCUT2D eigenvalue weighted by atomic mass is 11.1. The van der Waals surface area contributed by atoms with Gasteiger partial charge in [0, 0.05) is 0 Å². The number of hydrogen-bond donors (Lipinski definition) is 0. The molecule has 0 bridgehead atoms. The minimum absolute atomic E-state index is 2.05. The lowest BCUT2D eigenvalue weighted by Crippen LogP contribution is -1.64. The van der Waals surface area contributed by atoms with E-state index in [4.69, 9.17) is 0 Å². The van der Waals surface area contributed by atoms with Crippen LogP contribution >= 0.6 is 12.2 Å². The molecule has 0 aromatic rings. The van der Waals surface area contributed by atoms with E-state index in [1.165, 1.54) is 0 Å². The van der Waals surface area contributed by atoms with Gasteiger partial charge in [-0.25, -0.2) is 0 Å². The molecule has 0 unspecified atom stereocenters. The third-order valence-corrected chi connectivity index (χ3v) is 0.322. The first-order valence-electron chi connectivity index (χ1n) is 1.44. The Hall–Kier alpha value is -1.15. The van der Waals surface area contributed by atoms with Crippen LogP contribution in [0.15, 0.2) is 0 Å². The van der Waals surface area contributed by atoms with Crippen LogP contribution in [-0.2, 0) is 0 Å². The van der Waals surface area contributed by atoms with Crippen LogP contribution in [0.1, 0.15) is 0 Å². The highest BCUT2D eigenvalue weighted by atomic mass is 32.1. The van der Waals surface area contributed by atoms with Gasteiger partial charge in [-0.2, -0.15) is 0 Å². The first-order chi connectivity index (χ1) is 3.41. The Bertz CT molecular complexity index is 192. The highest BCUT2D eigenvalue weighted by Crippen LogP contribution is 1.16. The number of hydrogen-bond acceptors (Lipinski definition) is 1. The first kappa shape index (κ1) is 5.85. The SMILES string of the molecule is C=[N+]=C=C=[N+]=C=S. The Morgan fingerprint density at radius 3 is 2.57 bits per heavy atom. The molecule has 0 aliphatic carbocycles. The Kier molecular flexibility index (Phi) is 4.05. The summed E-state index contributed by atoms with van der Waals surface area (Å²) in [4.78, 5) is 0. The molecule has 0 heterocycles. The number of nitrogens with zero attached hydrogens (tertiary/aromatic N) is 2. The molecule has 0 saturated carbocycles. The van der Waals surface area contributed by atoms with Crippen molar-refractivity contribution in [2.75, 3.05) is 0 Å². The zero-order chi connectivity index (χ0) is 5.54. The van der Waals surface area contributed by atoms with Crippen LogP contribution in [0.3, 0.4) is 0 Å². The normalized spacial score (nSPS) is 3.43. The molecule has 0 fully saturated rings. The fourth-order valence-corrected chi connectivity index (χ4v) is 0.129. The summed E-state index contributed by atoms with van der Waals surface area (Å²) in [6.45, 7) is 3.09. The highest BCUT2D eigenvalue weighted by molar-refractivity contribution is 7.78. The molecule has 2 nitrogen and oxygen atoms in total. The Morgan fingerprint density at radius 2 is 2.14 bits per heavy atom. The van der Waals surface area contributed by atoms with Crippen molar-refractivity contribution < 1.29 is 0 Å². The van der Waals surface area contributed by atoms with Crippen molar-refractivity contribution in [1.82, 2.24) is 9.34 Å². The van der Waals surface area contributed by atoms with Crippen molar-refractivity contribution in [2.24, 2.45) is 0 Å². The highest BCUT2D eigenvalue weighted by Gasteiger charge is 1.62. The Morgan fingerprint density at radius 1 is 1.43 bits per heavy atom. The fraction of sp³-hybridized carbons (Fsp3) is 0. The summed E-state index contributed by atoms with van der Waals surface area (Å²) in [6.07, 6.45) is 0. The van der Waals surface area contributed by atoms with E-state index in [1.54, 1.807) is 0 Å². The summed E-state index contributed by atoms with van der Waals surface area (Å²) in [5, 5.41) is 2.05. The molecule has 0 amide bonds. The van der Waals surface area contributed by atoms with Gasteiger partial charge in [0.1, 0.15) is 0 Å². The zero-order valence-corrected chi connectivity index (χ0v) is 4.33. The maximum Gasteiger partial charge on any atom is 0.470 e. The van der Waals surface area contributed by atoms with Crippen LogP contribution in [0.5, 0.6) is 0 Å². The van der Waals surface area contributed by atoms with Gasteiger partial charge in [0.25, 0.3) is 6.72 Å². The van der Waals surface area contributed by atoms with Gasteiger partial charge in [-0.15, -0.1) is 0 Å². The molecular formula is C4H2N2S+2. The fourth-order valence-electron chi connectivity index (χ4n) is 0.0832. The predicted molar refractivity (Wildman–Crippen MR) is 34.0 cm³/mol. The maximum absolute atomic E-state index is 4.18. The average molecular weight is 110 g/mol. The van der Waals surface area contributed by atoms with Crippen molar-refractivity contribution in [3.8, 4) is 0 Å². The number of thiocarbonyl (C=S) groups is 1. The van der Waals surface area contributed by atoms with Gasteiger partial charge in [-0.3, -0.25) is 0 Å². The van der Waals surface area contributed by atoms with E-state index in [0.717, 1.165) is 0 Å². The smallest absolute Gasteiger partial charge is 0.0306 e. The monoisotopic (exact) mass is 110 g/mol. The topological polar surface area (TPSA) is 28.2 Å². The van der Waals surface area contributed by atoms with E-state index in [9.17, 15) is 0 Å². The van der Waals surface area contributed by atoms with Gasteiger partial charge in [0.2, 0.25) is 0 Å². The van der Waals surface area contributed by atoms with E-state index in [2.05, 4.69) is 40.0 Å². The molecule has 0 saturated heterocycles. The van der Waals surface area contributed by atoms with E-state index in [1.807, 2.05) is 5.16 Å². The summed E-state index contributed by atoms with van der Waals surface area (Å²) >= 11 is 4.18. The molecule has 0 aromatic carbocycles. The molecule has 0 aliphatic rings. The minimum atomic E-state index is 2.05. The molecular weight excluding hydrogens is 108 g/mol. The quantitative estimate of drug-likeness (QED) is 0.219. The van der Waals surface area contributed by atoms with Crippen molar-refractivity contribution in [3.63, 3.8) is 0 Å². The van der Waals surface area contributed by atoms with Gasteiger partial charge in [-0.1, -0.05) is 0 Å². The minimum Gasteiger partial charge on any atom is -0.0306 e. The Balaban J connectivity index is 4.89. The molecule has 7 heavy (non-hydrogen) atoms. The molecule has 32 valence electrons. The molecule has 0 rings (SSSR count). The standard InChI is InChI=1S/C4H2N2S/c1-5-2-3-6-4-7/h1H2/q+2. The molecule has 0 radical (unpaired) electrons. The summed E-state index contributed by atoms with van der Waals surface area (Å²) in [6, 6.07) is 0. The van der Waals surface area contributed by atoms with Gasteiger partial charge >= 0.3 is 16.9 Å². The summed E-state index contributed by atoms with van der Waals surface area (Å²) in [5.41, 5.74) is 0. The van der Waals surface area contributed by atoms with Crippen LogP contribution in [0.25, 0.3) is 0 Å². The van der Waals surface area contributed by atoms with Gasteiger partial charge in [0.15, 0.2) is 0 Å². The Labute approximate surface area is 46.0 Å². The molecule has 0 aliphatic heterocycles. The van der Waals surface area contributed by atoms with Gasteiger partial charge in [0.05, 0.1) is 16.9 Å². The van der Waals surface area contributed by atoms with E-state index >= 15 is 0 Å². The lowest BCUT2D eigenvalue weighted by molar-refractivity contribution is 1.78. The molecule has 0 aromatic heterocycles. The molecule has 3 heteroatoms. The molecule has 0 spiro atoms. The average Bonchev–Trinajstić information content (AvgIpc) is 1.69. The van der Waals surface area contributed by atoms with Crippen molar-refractivity contribution in [3.05, 3.63) is 0 Å². The second-order valence-electron chi connectivity index (χ2n) is 0.585. The van der Waals surface area contributed by atoms with E-state index in [-0.39, 0.29) is 0 Å². The molecule has 0 N–H and O–H groups in total. The van der Waals surface area contributed by atoms with Crippen LogP contribution in [-0.4, -0.2) is 23.6 Å². The number of rotatable bonds is 0. The maximum atomic E-state index is 4.18. The lowest BCUT2D eigenvalue weighted by Gasteiger charge is -1.05. The second-order valence-corrected chi connectivity index (χ2v) is 0.767. The largest absolute Gasteiger partial charge is 0.470 e. The summed E-state index contributed by atoms with van der Waals surface area (Å²) in [5.74, 6) is 4.43. The molecule has 0 atom stereocenters. The first-order valence-corrected chi connectivity index (χ1v) is 1.85. The number of isothiocyanates is 1. The zero-order valence-electron chi connectivity index (χ0n) is 3.51. The van der Waals surface area contributed by atoms with Crippen molar-refractivity contribution in [1.29, 1.82) is 0 Å². The van der Waals surface area contributed by atoms with E-state index in [0.29, 0.717) is 0 Å².